The second-order valence-electron chi connectivity index (χ2n) is 17.2. The molecule has 13 aromatic rings. The van der Waals surface area contributed by atoms with Crippen LogP contribution in [0.25, 0.3) is 132 Å². The van der Waals surface area contributed by atoms with Gasteiger partial charge in [0.1, 0.15) is 0 Å². The summed E-state index contributed by atoms with van der Waals surface area (Å²) in [7, 11) is 0. The van der Waals surface area contributed by atoms with Crippen molar-refractivity contribution in [2.75, 3.05) is 0 Å². The molecule has 13 rings (SSSR count). The Hall–Kier alpha value is -8.79. The summed E-state index contributed by atoms with van der Waals surface area (Å²) < 4.78 is 0. The molecule has 0 amide bonds. The van der Waals surface area contributed by atoms with Gasteiger partial charge in [0.25, 0.3) is 0 Å². The van der Waals surface area contributed by atoms with Crippen LogP contribution in [-0.2, 0) is 0 Å². The van der Waals surface area contributed by atoms with Gasteiger partial charge in [-0.2, -0.15) is 0 Å². The van der Waals surface area contributed by atoms with Crippen LogP contribution in [0.15, 0.2) is 237 Å². The Morgan fingerprint density at radius 1 is 0.242 bits per heavy atom. The van der Waals surface area contributed by atoms with Crippen LogP contribution in [0.1, 0.15) is 0 Å². The van der Waals surface area contributed by atoms with Gasteiger partial charge < -0.3 is 0 Å². The Morgan fingerprint density at radius 3 is 1.27 bits per heavy atom. The van der Waals surface area contributed by atoms with Crippen molar-refractivity contribution in [1.29, 1.82) is 0 Å². The predicted octanol–water partition coefficient (Wildman–Crippen LogP) is 16.8. The molecule has 0 bridgehead atoms. The highest BCUT2D eigenvalue weighted by atomic mass is 14.9. The van der Waals surface area contributed by atoms with Gasteiger partial charge in [-0.1, -0.05) is 182 Å². The first-order chi connectivity index (χ1) is 32.7. The van der Waals surface area contributed by atoms with Crippen LogP contribution in [0.3, 0.4) is 0 Å². The van der Waals surface area contributed by atoms with E-state index in [0.29, 0.717) is 5.82 Å². The van der Waals surface area contributed by atoms with E-state index >= 15 is 0 Å². The highest BCUT2D eigenvalue weighted by Crippen LogP contribution is 2.45. The SMILES string of the molecule is c1ccc(-c2nc(-c3ccc(-c4cccnc4)cc3)cc(-c3cc(-c4c5ccccc5cc5c4ccc4ccccc45)cc(-c4c5ccccc5cc5c4ccc4ccccc45)c3)n2)cc1. The minimum absolute atomic E-state index is 0.676. The standard InChI is InChI=1S/C63H39N3/c1-2-15-44(16-3-1)63-65-59(43-26-24-40(25-27-43)47-19-12-32-64-39-47)38-60(66-63)48-33-49(61-53-22-10-6-17-45(53)36-57-51-20-8-4-13-41(51)28-30-55(57)61)35-50(34-48)62-54-23-11-7-18-46(54)37-58-52-21-9-5-14-42(52)29-31-56(58)62/h1-39H. The first-order valence-corrected chi connectivity index (χ1v) is 22.5. The van der Waals surface area contributed by atoms with E-state index in [1.807, 2.05) is 18.3 Å². The number of hydrogen-bond acceptors (Lipinski definition) is 3. The van der Waals surface area contributed by atoms with Gasteiger partial charge in [0.15, 0.2) is 5.82 Å². The monoisotopic (exact) mass is 837 g/mol. The normalized spacial score (nSPS) is 11.6. The molecular formula is C63H39N3. The molecule has 2 aromatic heterocycles. The maximum atomic E-state index is 5.45. The highest BCUT2D eigenvalue weighted by Gasteiger charge is 2.20. The minimum atomic E-state index is 0.676. The van der Waals surface area contributed by atoms with Gasteiger partial charge in [-0.3, -0.25) is 4.98 Å². The van der Waals surface area contributed by atoms with Gasteiger partial charge in [-0.25, -0.2) is 9.97 Å². The molecule has 66 heavy (non-hydrogen) atoms. The summed E-state index contributed by atoms with van der Waals surface area (Å²) >= 11 is 0. The van der Waals surface area contributed by atoms with Gasteiger partial charge in [-0.15, -0.1) is 0 Å². The summed E-state index contributed by atoms with van der Waals surface area (Å²) in [6.45, 7) is 0. The molecular weight excluding hydrogens is 799 g/mol. The van der Waals surface area contributed by atoms with Gasteiger partial charge in [0, 0.05) is 29.1 Å². The summed E-state index contributed by atoms with van der Waals surface area (Å²) in [6.07, 6.45) is 3.71. The fourth-order valence-electron chi connectivity index (χ4n) is 10.2. The zero-order valence-electron chi connectivity index (χ0n) is 35.9. The molecule has 2 heterocycles. The molecule has 0 N–H and O–H groups in total. The molecule has 11 aromatic carbocycles. The quantitative estimate of drug-likeness (QED) is 0.124. The molecule has 0 saturated heterocycles. The van der Waals surface area contributed by atoms with E-state index in [1.165, 1.54) is 75.8 Å². The molecule has 0 radical (unpaired) electrons. The maximum absolute atomic E-state index is 5.45. The van der Waals surface area contributed by atoms with Crippen LogP contribution in [0.2, 0.25) is 0 Å². The lowest BCUT2D eigenvalue weighted by molar-refractivity contribution is 1.18. The van der Waals surface area contributed by atoms with Gasteiger partial charge in [0.05, 0.1) is 11.4 Å². The largest absolute Gasteiger partial charge is 0.264 e. The third kappa shape index (κ3) is 6.40. The third-order valence-electron chi connectivity index (χ3n) is 13.3. The van der Waals surface area contributed by atoms with Crippen molar-refractivity contribution in [2.24, 2.45) is 0 Å². The van der Waals surface area contributed by atoms with Crippen molar-refractivity contribution in [3.05, 3.63) is 237 Å². The van der Waals surface area contributed by atoms with E-state index in [2.05, 4.69) is 217 Å². The average molecular weight is 838 g/mol. The Labute approximate surface area is 382 Å². The lowest BCUT2D eigenvalue weighted by Gasteiger charge is -2.19. The molecule has 0 aliphatic rings. The third-order valence-corrected chi connectivity index (χ3v) is 13.3. The Balaban J connectivity index is 1.13. The second-order valence-corrected chi connectivity index (χ2v) is 17.2. The van der Waals surface area contributed by atoms with Crippen LogP contribution >= 0.6 is 0 Å². The molecule has 0 spiro atoms. The number of benzene rings is 11. The van der Waals surface area contributed by atoms with E-state index < -0.39 is 0 Å². The van der Waals surface area contributed by atoms with Gasteiger partial charge in [0.2, 0.25) is 0 Å². The molecule has 0 saturated carbocycles. The van der Waals surface area contributed by atoms with E-state index in [9.17, 15) is 0 Å². The zero-order valence-corrected chi connectivity index (χ0v) is 35.9. The smallest absolute Gasteiger partial charge is 0.160 e. The summed E-state index contributed by atoms with van der Waals surface area (Å²) in [4.78, 5) is 15.1. The molecule has 0 aliphatic heterocycles. The predicted molar refractivity (Wildman–Crippen MR) is 277 cm³/mol. The summed E-state index contributed by atoms with van der Waals surface area (Å²) in [5.74, 6) is 0.676. The van der Waals surface area contributed by atoms with Crippen molar-refractivity contribution < 1.29 is 0 Å². The second kappa shape index (κ2) is 15.5. The van der Waals surface area contributed by atoms with Crippen molar-refractivity contribution in [3.63, 3.8) is 0 Å². The topological polar surface area (TPSA) is 38.7 Å². The average Bonchev–Trinajstić information content (AvgIpc) is 3.39. The number of aromatic nitrogens is 3. The molecule has 0 aliphatic carbocycles. The van der Waals surface area contributed by atoms with Crippen LogP contribution in [0.5, 0.6) is 0 Å². The van der Waals surface area contributed by atoms with Crippen LogP contribution in [-0.4, -0.2) is 15.0 Å². The molecule has 3 nitrogen and oxygen atoms in total. The van der Waals surface area contributed by atoms with Crippen molar-refractivity contribution in [2.45, 2.75) is 0 Å². The van der Waals surface area contributed by atoms with E-state index in [0.717, 1.165) is 50.3 Å². The first-order valence-electron chi connectivity index (χ1n) is 22.5. The number of rotatable bonds is 6. The number of nitrogens with zero attached hydrogens (tertiary/aromatic N) is 3. The number of pyridine rings is 1. The Morgan fingerprint density at radius 2 is 0.712 bits per heavy atom. The molecule has 3 heteroatoms. The molecule has 306 valence electrons. The van der Waals surface area contributed by atoms with E-state index in [4.69, 9.17) is 9.97 Å². The van der Waals surface area contributed by atoms with Crippen LogP contribution in [0, 0.1) is 0 Å². The summed E-state index contributed by atoms with van der Waals surface area (Å²) in [5.41, 5.74) is 11.5. The fraction of sp³-hybridized carbons (Fsp3) is 0. The Kier molecular flexibility index (Phi) is 8.85. The van der Waals surface area contributed by atoms with Crippen LogP contribution < -0.4 is 0 Å². The number of fused-ring (bicyclic) bond motifs is 8. The minimum Gasteiger partial charge on any atom is -0.264 e. The van der Waals surface area contributed by atoms with Gasteiger partial charge in [-0.05, 0) is 140 Å². The summed E-state index contributed by atoms with van der Waals surface area (Å²) in [6, 6.07) is 81.3. The highest BCUT2D eigenvalue weighted by molar-refractivity contribution is 6.22. The van der Waals surface area contributed by atoms with Crippen LogP contribution in [0.4, 0.5) is 0 Å². The lowest BCUT2D eigenvalue weighted by Crippen LogP contribution is -1.97. The molecule has 0 fully saturated rings. The van der Waals surface area contributed by atoms with Crippen molar-refractivity contribution in [3.8, 4) is 67.3 Å². The lowest BCUT2D eigenvalue weighted by atomic mass is 9.85. The maximum Gasteiger partial charge on any atom is 0.160 e. The van der Waals surface area contributed by atoms with E-state index in [1.54, 1.807) is 6.20 Å². The Bertz CT molecular complexity index is 3850. The van der Waals surface area contributed by atoms with Crippen molar-refractivity contribution in [1.82, 2.24) is 15.0 Å². The first kappa shape index (κ1) is 37.7. The van der Waals surface area contributed by atoms with E-state index in [-0.39, 0.29) is 0 Å². The fourth-order valence-corrected chi connectivity index (χ4v) is 10.2. The zero-order chi connectivity index (χ0) is 43.6. The molecule has 0 atom stereocenters. The molecule has 0 unspecified atom stereocenters. The number of hydrogen-bond donors (Lipinski definition) is 0. The van der Waals surface area contributed by atoms with Crippen molar-refractivity contribution >= 4 is 64.6 Å². The summed E-state index contributed by atoms with van der Waals surface area (Å²) in [5, 5.41) is 14.7. The van der Waals surface area contributed by atoms with Gasteiger partial charge >= 0.3 is 0 Å².